The Labute approximate surface area is 178 Å². The van der Waals surface area contributed by atoms with E-state index in [4.69, 9.17) is 5.11 Å². The maximum absolute atomic E-state index is 10.4. The van der Waals surface area contributed by atoms with Crippen molar-refractivity contribution in [2.75, 3.05) is 6.61 Å². The van der Waals surface area contributed by atoms with Crippen molar-refractivity contribution < 1.29 is 15.3 Å². The van der Waals surface area contributed by atoms with Crippen molar-refractivity contribution in [1.29, 1.82) is 0 Å². The molecule has 3 heteroatoms. The first-order valence-corrected chi connectivity index (χ1v) is 12.4. The molecule has 8 atom stereocenters. The van der Waals surface area contributed by atoms with Crippen LogP contribution in [0.4, 0.5) is 0 Å². The van der Waals surface area contributed by atoms with Gasteiger partial charge in [0.2, 0.25) is 0 Å². The summed E-state index contributed by atoms with van der Waals surface area (Å²) in [5, 5.41) is 29.8. The van der Waals surface area contributed by atoms with E-state index in [9.17, 15) is 10.2 Å². The van der Waals surface area contributed by atoms with Gasteiger partial charge in [-0.3, -0.25) is 0 Å². The van der Waals surface area contributed by atoms with Crippen molar-refractivity contribution in [3.63, 3.8) is 0 Å². The average Bonchev–Trinajstić information content (AvgIpc) is 2.99. The van der Waals surface area contributed by atoms with E-state index in [-0.39, 0.29) is 12.7 Å². The molecule has 0 bridgehead atoms. The summed E-state index contributed by atoms with van der Waals surface area (Å²) in [6.07, 6.45) is 15.8. The number of hydrogen-bond acceptors (Lipinski definition) is 3. The Morgan fingerprint density at radius 3 is 2.62 bits per heavy atom. The van der Waals surface area contributed by atoms with Gasteiger partial charge < -0.3 is 15.3 Å². The fraction of sp³-hybridized carbons (Fsp3) is 0.923. The van der Waals surface area contributed by atoms with Crippen molar-refractivity contribution in [2.24, 2.45) is 34.5 Å². The second-order valence-electron chi connectivity index (χ2n) is 11.8. The molecule has 29 heavy (non-hydrogen) atoms. The Kier molecular flexibility index (Phi) is 5.99. The van der Waals surface area contributed by atoms with E-state index in [2.05, 4.69) is 19.9 Å². The molecule has 0 aromatic carbocycles. The van der Waals surface area contributed by atoms with Gasteiger partial charge in [-0.2, -0.15) is 0 Å². The average molecular weight is 405 g/mol. The number of aliphatic hydroxyl groups is 3. The quantitative estimate of drug-likeness (QED) is 0.531. The summed E-state index contributed by atoms with van der Waals surface area (Å²) in [4.78, 5) is 0. The molecule has 3 N–H and O–H groups in total. The van der Waals surface area contributed by atoms with Gasteiger partial charge in [-0.05, 0) is 112 Å². The van der Waals surface area contributed by atoms with Crippen LogP contribution in [0.1, 0.15) is 97.8 Å². The standard InChI is InChI=1S/C26H44O3/c1-24(29,15-16-27)12-4-5-18-7-9-22-21-8-6-19-17-20(28)10-13-26(19,3)23(21)11-14-25(18,22)2/h6,18,20-23,27-29H,4-5,7-17H2,1-3H3/t18?,20-,21-,22?,23?,24-,25?,26?/m0/s1. The van der Waals surface area contributed by atoms with Gasteiger partial charge in [0.15, 0.2) is 0 Å². The van der Waals surface area contributed by atoms with E-state index in [1.165, 1.54) is 44.9 Å². The number of fused-ring (bicyclic) bond motifs is 5. The lowest BCUT2D eigenvalue weighted by Gasteiger charge is -2.58. The first kappa shape index (κ1) is 21.8. The third kappa shape index (κ3) is 3.85. The molecule has 4 aliphatic rings. The highest BCUT2D eigenvalue weighted by molar-refractivity contribution is 5.25. The van der Waals surface area contributed by atoms with Crippen LogP contribution in [0.5, 0.6) is 0 Å². The molecular weight excluding hydrogens is 360 g/mol. The highest BCUT2D eigenvalue weighted by atomic mass is 16.3. The fourth-order valence-electron chi connectivity index (χ4n) is 8.32. The molecule has 0 aromatic heterocycles. The lowest BCUT2D eigenvalue weighted by atomic mass is 9.47. The zero-order valence-electron chi connectivity index (χ0n) is 19.0. The van der Waals surface area contributed by atoms with Gasteiger partial charge >= 0.3 is 0 Å². The van der Waals surface area contributed by atoms with Gasteiger partial charge in [0.25, 0.3) is 0 Å². The molecular formula is C26H44O3. The van der Waals surface area contributed by atoms with Crippen LogP contribution in [0, 0.1) is 34.5 Å². The zero-order valence-corrected chi connectivity index (χ0v) is 19.0. The van der Waals surface area contributed by atoms with Gasteiger partial charge in [-0.15, -0.1) is 0 Å². The summed E-state index contributed by atoms with van der Waals surface area (Å²) in [6.45, 7) is 7.05. The molecule has 3 nitrogen and oxygen atoms in total. The summed E-state index contributed by atoms with van der Waals surface area (Å²) < 4.78 is 0. The van der Waals surface area contributed by atoms with Crippen molar-refractivity contribution in [3.8, 4) is 0 Å². The number of allylic oxidation sites excluding steroid dienone is 1. The molecule has 0 spiro atoms. The molecule has 0 aromatic rings. The Balaban J connectivity index is 1.43. The molecule has 4 rings (SSSR count). The molecule has 3 saturated carbocycles. The van der Waals surface area contributed by atoms with Gasteiger partial charge in [-0.1, -0.05) is 31.9 Å². The maximum atomic E-state index is 10.4. The van der Waals surface area contributed by atoms with Crippen LogP contribution < -0.4 is 0 Å². The molecule has 0 heterocycles. The monoisotopic (exact) mass is 404 g/mol. The Bertz CT molecular complexity index is 625. The highest BCUT2D eigenvalue weighted by Crippen LogP contribution is 2.66. The van der Waals surface area contributed by atoms with Crippen molar-refractivity contribution in [1.82, 2.24) is 0 Å². The minimum atomic E-state index is -0.712. The predicted octanol–water partition coefficient (Wildman–Crippen LogP) is 5.23. The smallest absolute Gasteiger partial charge is 0.0641 e. The molecule has 4 aliphatic carbocycles. The summed E-state index contributed by atoms with van der Waals surface area (Å²) in [5.41, 5.74) is 1.67. The molecule has 0 saturated heterocycles. The molecule has 5 unspecified atom stereocenters. The van der Waals surface area contributed by atoms with Crippen LogP contribution >= 0.6 is 0 Å². The second-order valence-corrected chi connectivity index (χ2v) is 11.8. The lowest BCUT2D eigenvalue weighted by Crippen LogP contribution is -2.50. The Morgan fingerprint density at radius 2 is 1.86 bits per heavy atom. The predicted molar refractivity (Wildman–Crippen MR) is 117 cm³/mol. The third-order valence-electron chi connectivity index (χ3n) is 10.2. The topological polar surface area (TPSA) is 60.7 Å². The normalized spacial score (nSPS) is 46.3. The number of rotatable bonds is 6. The summed E-state index contributed by atoms with van der Waals surface area (Å²) in [5.74, 6) is 3.30. The van der Waals surface area contributed by atoms with Crippen molar-refractivity contribution in [2.45, 2.75) is 110 Å². The molecule has 0 amide bonds. The van der Waals surface area contributed by atoms with E-state index in [0.29, 0.717) is 17.3 Å². The zero-order chi connectivity index (χ0) is 20.9. The van der Waals surface area contributed by atoms with Crippen LogP contribution in [-0.4, -0.2) is 33.6 Å². The first-order chi connectivity index (χ1) is 13.7. The fourth-order valence-corrected chi connectivity index (χ4v) is 8.32. The lowest BCUT2D eigenvalue weighted by molar-refractivity contribution is -0.0518. The van der Waals surface area contributed by atoms with Gasteiger partial charge in [-0.25, -0.2) is 0 Å². The summed E-state index contributed by atoms with van der Waals surface area (Å²) in [6, 6.07) is 0. The van der Waals surface area contributed by atoms with Crippen molar-refractivity contribution in [3.05, 3.63) is 11.6 Å². The van der Waals surface area contributed by atoms with Gasteiger partial charge in [0, 0.05) is 6.61 Å². The minimum absolute atomic E-state index is 0.0740. The van der Waals surface area contributed by atoms with Crippen LogP contribution in [0.15, 0.2) is 11.6 Å². The third-order valence-corrected chi connectivity index (χ3v) is 10.2. The van der Waals surface area contributed by atoms with Gasteiger partial charge in [0.1, 0.15) is 0 Å². The molecule has 0 aliphatic heterocycles. The van der Waals surface area contributed by atoms with E-state index in [0.717, 1.165) is 49.4 Å². The highest BCUT2D eigenvalue weighted by Gasteiger charge is 2.58. The Hall–Kier alpha value is -0.380. The summed E-state index contributed by atoms with van der Waals surface area (Å²) in [7, 11) is 0. The summed E-state index contributed by atoms with van der Waals surface area (Å²) >= 11 is 0. The second kappa shape index (κ2) is 7.95. The first-order valence-electron chi connectivity index (χ1n) is 12.4. The molecule has 166 valence electrons. The molecule has 3 fully saturated rings. The Morgan fingerprint density at radius 1 is 1.07 bits per heavy atom. The maximum Gasteiger partial charge on any atom is 0.0641 e. The van der Waals surface area contributed by atoms with E-state index >= 15 is 0 Å². The van der Waals surface area contributed by atoms with Crippen LogP contribution in [0.3, 0.4) is 0 Å². The number of aliphatic hydroxyl groups excluding tert-OH is 2. The van der Waals surface area contributed by atoms with Crippen LogP contribution in [0.2, 0.25) is 0 Å². The van der Waals surface area contributed by atoms with Crippen LogP contribution in [-0.2, 0) is 0 Å². The van der Waals surface area contributed by atoms with Crippen LogP contribution in [0.25, 0.3) is 0 Å². The molecule has 0 radical (unpaired) electrons. The van der Waals surface area contributed by atoms with E-state index in [1.807, 2.05) is 6.92 Å². The van der Waals surface area contributed by atoms with Gasteiger partial charge in [0.05, 0.1) is 11.7 Å². The van der Waals surface area contributed by atoms with E-state index < -0.39 is 5.60 Å². The minimum Gasteiger partial charge on any atom is -0.396 e. The SMILES string of the molecule is CC12CC[C@H](O)CC1=CC[C@@H]1C2CCC2(C)C(CCC[C@](C)(O)CCO)CCC12. The van der Waals surface area contributed by atoms with Crippen molar-refractivity contribution >= 4 is 0 Å². The van der Waals surface area contributed by atoms with E-state index in [1.54, 1.807) is 5.57 Å². The largest absolute Gasteiger partial charge is 0.396 e. The number of hydrogen-bond donors (Lipinski definition) is 3.